The molecule has 0 amide bonds. The van der Waals surface area contributed by atoms with E-state index in [1.807, 2.05) is 4.68 Å². The van der Waals surface area contributed by atoms with Crippen LogP contribution in [0.5, 0.6) is 0 Å². The quantitative estimate of drug-likeness (QED) is 0.875. The lowest BCUT2D eigenvalue weighted by Gasteiger charge is -2.31. The number of nitrogens with one attached hydrogen (secondary N) is 1. The van der Waals surface area contributed by atoms with Crippen LogP contribution in [0.3, 0.4) is 0 Å². The molecule has 2 aromatic rings. The second kappa shape index (κ2) is 4.28. The Balaban J connectivity index is 1.95. The molecule has 0 aromatic carbocycles. The summed E-state index contributed by atoms with van der Waals surface area (Å²) in [6, 6.07) is 1.98. The highest BCUT2D eigenvalue weighted by molar-refractivity contribution is 7.10. The Morgan fingerprint density at radius 2 is 2.35 bits per heavy atom. The molecule has 4 rings (SSSR count). The van der Waals surface area contributed by atoms with Crippen molar-refractivity contribution in [1.82, 2.24) is 14.8 Å². The van der Waals surface area contributed by atoms with Gasteiger partial charge < -0.3 is 5.32 Å². The molecule has 0 bridgehead atoms. The summed E-state index contributed by atoms with van der Waals surface area (Å²) in [5.74, 6) is 0.967. The van der Waals surface area contributed by atoms with Crippen LogP contribution in [0.1, 0.15) is 35.7 Å². The van der Waals surface area contributed by atoms with Crippen LogP contribution in [0.25, 0.3) is 0 Å². The van der Waals surface area contributed by atoms with Gasteiger partial charge in [-0.3, -0.25) is 4.79 Å². The van der Waals surface area contributed by atoms with Crippen molar-refractivity contribution in [3.8, 4) is 0 Å². The standard InChI is InChI=1S/C14H14N4OS/c1-8-5-6-20-13(8)12-11-9(3-2-4-10(11)19)17-14-15-7-16-18(12)14/h5-7,12H,2-4H2,1H3,(H,15,16,17)/t12-/m1/s1. The Morgan fingerprint density at radius 3 is 3.15 bits per heavy atom. The number of aryl methyl sites for hydroxylation is 1. The van der Waals surface area contributed by atoms with Crippen LogP contribution >= 0.6 is 11.3 Å². The zero-order valence-corrected chi connectivity index (χ0v) is 11.9. The molecule has 5 nitrogen and oxygen atoms in total. The minimum absolute atomic E-state index is 0.114. The van der Waals surface area contributed by atoms with Gasteiger partial charge in [-0.25, -0.2) is 4.68 Å². The van der Waals surface area contributed by atoms with Gasteiger partial charge >= 0.3 is 0 Å². The molecule has 1 aliphatic carbocycles. The molecule has 1 aliphatic heterocycles. The van der Waals surface area contributed by atoms with Gasteiger partial charge in [0.05, 0.1) is 0 Å². The molecule has 2 aromatic heterocycles. The van der Waals surface area contributed by atoms with Gasteiger partial charge in [0.2, 0.25) is 5.95 Å². The zero-order chi connectivity index (χ0) is 13.7. The summed E-state index contributed by atoms with van der Waals surface area (Å²) in [7, 11) is 0. The predicted molar refractivity (Wildman–Crippen MR) is 76.7 cm³/mol. The summed E-state index contributed by atoms with van der Waals surface area (Å²) in [6.07, 6.45) is 4.00. The second-order valence-corrected chi connectivity index (χ2v) is 6.14. The van der Waals surface area contributed by atoms with Gasteiger partial charge in [0, 0.05) is 22.6 Å². The third kappa shape index (κ3) is 1.57. The highest BCUT2D eigenvalue weighted by atomic mass is 32.1. The van der Waals surface area contributed by atoms with E-state index in [-0.39, 0.29) is 11.8 Å². The Labute approximate surface area is 120 Å². The summed E-state index contributed by atoms with van der Waals surface area (Å²) < 4.78 is 1.83. The Kier molecular flexibility index (Phi) is 2.53. The van der Waals surface area contributed by atoms with E-state index in [0.717, 1.165) is 30.1 Å². The van der Waals surface area contributed by atoms with Crippen molar-refractivity contribution in [2.45, 2.75) is 32.2 Å². The molecule has 0 spiro atoms. The van der Waals surface area contributed by atoms with Crippen LogP contribution in [0.4, 0.5) is 5.95 Å². The third-order valence-corrected chi connectivity index (χ3v) is 5.03. The lowest BCUT2D eigenvalue weighted by Crippen LogP contribution is -2.31. The summed E-state index contributed by atoms with van der Waals surface area (Å²) in [5.41, 5.74) is 3.10. The van der Waals surface area contributed by atoms with Crippen molar-refractivity contribution in [2.75, 3.05) is 5.32 Å². The van der Waals surface area contributed by atoms with Gasteiger partial charge in [0.25, 0.3) is 0 Å². The maximum absolute atomic E-state index is 12.4. The number of ketones is 1. The number of aromatic nitrogens is 3. The molecule has 0 radical (unpaired) electrons. The van der Waals surface area contributed by atoms with E-state index in [9.17, 15) is 4.79 Å². The largest absolute Gasteiger partial charge is 0.328 e. The average molecular weight is 286 g/mol. The first-order valence-electron chi connectivity index (χ1n) is 6.72. The molecule has 0 unspecified atom stereocenters. The average Bonchev–Trinajstić information content (AvgIpc) is 3.05. The number of carbonyl (C=O) groups excluding carboxylic acids is 1. The Morgan fingerprint density at radius 1 is 1.45 bits per heavy atom. The summed E-state index contributed by atoms with van der Waals surface area (Å²) >= 11 is 1.68. The number of fused-ring (bicyclic) bond motifs is 1. The van der Waals surface area contributed by atoms with Crippen LogP contribution in [-0.4, -0.2) is 20.5 Å². The molecule has 1 N–H and O–H groups in total. The molecule has 0 saturated heterocycles. The van der Waals surface area contributed by atoms with Crippen molar-refractivity contribution in [3.05, 3.63) is 39.5 Å². The van der Waals surface area contributed by atoms with Crippen molar-refractivity contribution in [1.29, 1.82) is 0 Å². The number of rotatable bonds is 1. The van der Waals surface area contributed by atoms with Gasteiger partial charge in [0.1, 0.15) is 12.4 Å². The highest BCUT2D eigenvalue weighted by Crippen LogP contribution is 2.41. The first kappa shape index (κ1) is 11.8. The number of allylic oxidation sites excluding steroid dienone is 2. The molecule has 2 aliphatic rings. The topological polar surface area (TPSA) is 59.8 Å². The number of Topliss-reactive ketones (excluding diaryl/α,β-unsaturated/α-hetero) is 1. The van der Waals surface area contributed by atoms with Crippen molar-refractivity contribution < 1.29 is 4.79 Å². The van der Waals surface area contributed by atoms with Crippen LogP contribution in [0, 0.1) is 6.92 Å². The van der Waals surface area contributed by atoms with E-state index in [1.165, 1.54) is 10.4 Å². The van der Waals surface area contributed by atoms with Crippen LogP contribution in [-0.2, 0) is 4.79 Å². The maximum atomic E-state index is 12.4. The van der Waals surface area contributed by atoms with Crippen LogP contribution < -0.4 is 5.32 Å². The Bertz CT molecular complexity index is 727. The summed E-state index contributed by atoms with van der Waals surface area (Å²) in [5, 5.41) is 9.66. The lowest BCUT2D eigenvalue weighted by molar-refractivity contribution is -0.116. The number of thiophene rings is 1. The van der Waals surface area contributed by atoms with E-state index in [1.54, 1.807) is 17.7 Å². The maximum Gasteiger partial charge on any atom is 0.226 e. The van der Waals surface area contributed by atoms with E-state index in [0.29, 0.717) is 6.42 Å². The molecular weight excluding hydrogens is 272 g/mol. The van der Waals surface area contributed by atoms with E-state index < -0.39 is 0 Å². The fraction of sp³-hybridized carbons (Fsp3) is 0.357. The van der Waals surface area contributed by atoms with Crippen molar-refractivity contribution in [2.24, 2.45) is 0 Å². The first-order valence-corrected chi connectivity index (χ1v) is 7.60. The summed E-state index contributed by atoms with van der Waals surface area (Å²) in [4.78, 5) is 17.9. The monoisotopic (exact) mass is 286 g/mol. The summed E-state index contributed by atoms with van der Waals surface area (Å²) in [6.45, 7) is 2.08. The van der Waals surface area contributed by atoms with E-state index >= 15 is 0 Å². The number of anilines is 1. The lowest BCUT2D eigenvalue weighted by atomic mass is 9.87. The molecule has 0 saturated carbocycles. The van der Waals surface area contributed by atoms with Gasteiger partial charge in [0.15, 0.2) is 5.78 Å². The SMILES string of the molecule is Cc1ccsc1[C@H]1C2=C(CCCC2=O)Nc2ncnn21. The minimum atomic E-state index is -0.114. The molecule has 1 atom stereocenters. The van der Waals surface area contributed by atoms with Gasteiger partial charge in [-0.1, -0.05) is 0 Å². The minimum Gasteiger partial charge on any atom is -0.328 e. The van der Waals surface area contributed by atoms with Crippen molar-refractivity contribution >= 4 is 23.1 Å². The number of hydrogen-bond donors (Lipinski definition) is 1. The van der Waals surface area contributed by atoms with Crippen LogP contribution in [0.2, 0.25) is 0 Å². The van der Waals surface area contributed by atoms with Gasteiger partial charge in [-0.15, -0.1) is 11.3 Å². The highest BCUT2D eigenvalue weighted by Gasteiger charge is 2.37. The molecule has 6 heteroatoms. The van der Waals surface area contributed by atoms with Crippen molar-refractivity contribution in [3.63, 3.8) is 0 Å². The molecule has 3 heterocycles. The second-order valence-electron chi connectivity index (χ2n) is 5.19. The van der Waals surface area contributed by atoms with Crippen LogP contribution in [0.15, 0.2) is 29.0 Å². The normalized spacial score (nSPS) is 21.4. The first-order chi connectivity index (χ1) is 9.75. The molecule has 0 fully saturated rings. The fourth-order valence-electron chi connectivity index (χ4n) is 3.00. The van der Waals surface area contributed by atoms with Gasteiger partial charge in [-0.2, -0.15) is 10.1 Å². The fourth-order valence-corrected chi connectivity index (χ4v) is 4.02. The number of hydrogen-bond acceptors (Lipinski definition) is 5. The molecule has 20 heavy (non-hydrogen) atoms. The van der Waals surface area contributed by atoms with E-state index in [2.05, 4.69) is 33.8 Å². The number of nitrogens with zero attached hydrogens (tertiary/aromatic N) is 3. The van der Waals surface area contributed by atoms with E-state index in [4.69, 9.17) is 0 Å². The number of carbonyl (C=O) groups is 1. The molecular formula is C14H14N4OS. The van der Waals surface area contributed by atoms with Gasteiger partial charge in [-0.05, 0) is 36.8 Å². The Hall–Kier alpha value is -1.95. The zero-order valence-electron chi connectivity index (χ0n) is 11.1. The predicted octanol–water partition coefficient (Wildman–Crippen LogP) is 2.67. The smallest absolute Gasteiger partial charge is 0.226 e. The molecule has 102 valence electrons. The third-order valence-electron chi connectivity index (χ3n) is 3.96.